The molecule has 0 spiro atoms. The smallest absolute Gasteiger partial charge is 0.105 e. The highest BCUT2D eigenvalue weighted by Gasteiger charge is 2.11. The van der Waals surface area contributed by atoms with Crippen LogP contribution in [0.5, 0.6) is 0 Å². The van der Waals surface area contributed by atoms with Crippen LogP contribution in [0.25, 0.3) is 0 Å². The minimum atomic E-state index is 0.342. The van der Waals surface area contributed by atoms with E-state index in [1.165, 1.54) is 10.5 Å². The highest BCUT2D eigenvalue weighted by Crippen LogP contribution is 2.21. The summed E-state index contributed by atoms with van der Waals surface area (Å²) in [6, 6.07) is 13.0. The van der Waals surface area contributed by atoms with Gasteiger partial charge in [0, 0.05) is 28.8 Å². The molecule has 1 atom stereocenters. The van der Waals surface area contributed by atoms with Gasteiger partial charge in [-0.3, -0.25) is 0 Å². The van der Waals surface area contributed by atoms with E-state index < -0.39 is 0 Å². The van der Waals surface area contributed by atoms with Crippen molar-refractivity contribution in [2.45, 2.75) is 31.7 Å². The van der Waals surface area contributed by atoms with Crippen LogP contribution in [0.3, 0.4) is 0 Å². The van der Waals surface area contributed by atoms with Crippen LogP contribution in [0.4, 0.5) is 0 Å². The van der Waals surface area contributed by atoms with E-state index in [4.69, 9.17) is 4.42 Å². The van der Waals surface area contributed by atoms with Crippen LogP contribution in [0.1, 0.15) is 30.0 Å². The number of benzene rings is 1. The van der Waals surface area contributed by atoms with Gasteiger partial charge in [-0.15, -0.1) is 11.8 Å². The molecule has 0 fully saturated rings. The lowest BCUT2D eigenvalue weighted by atomic mass is 10.1. The summed E-state index contributed by atoms with van der Waals surface area (Å²) < 4.78 is 5.57. The Kier molecular flexibility index (Phi) is 5.11. The molecule has 0 radical (unpaired) electrons. The van der Waals surface area contributed by atoms with Gasteiger partial charge in [-0.2, -0.15) is 0 Å². The number of hydrogen-bond acceptors (Lipinski definition) is 3. The molecule has 2 aromatic rings. The minimum absolute atomic E-state index is 0.342. The molecule has 0 aliphatic carbocycles. The zero-order valence-electron chi connectivity index (χ0n) is 11.8. The molecule has 2 rings (SSSR count). The second-order valence-electron chi connectivity index (χ2n) is 4.71. The fourth-order valence-electron chi connectivity index (χ4n) is 2.15. The van der Waals surface area contributed by atoms with Gasteiger partial charge in [0.1, 0.15) is 11.5 Å². The van der Waals surface area contributed by atoms with Crippen LogP contribution >= 0.6 is 11.8 Å². The topological polar surface area (TPSA) is 25.2 Å². The molecule has 0 amide bonds. The van der Waals surface area contributed by atoms with Gasteiger partial charge in [0.25, 0.3) is 0 Å². The number of furan rings is 1. The van der Waals surface area contributed by atoms with E-state index in [1.54, 1.807) is 0 Å². The predicted molar refractivity (Wildman–Crippen MR) is 81.8 cm³/mol. The lowest BCUT2D eigenvalue weighted by molar-refractivity contribution is 0.492. The van der Waals surface area contributed by atoms with Crippen molar-refractivity contribution in [3.63, 3.8) is 0 Å². The summed E-state index contributed by atoms with van der Waals surface area (Å²) in [4.78, 5) is 1.33. The normalized spacial score (nSPS) is 12.6. The Labute approximate surface area is 119 Å². The summed E-state index contributed by atoms with van der Waals surface area (Å²) in [5, 5.41) is 3.54. The first-order chi connectivity index (χ1) is 9.16. The monoisotopic (exact) mass is 275 g/mol. The van der Waals surface area contributed by atoms with E-state index >= 15 is 0 Å². The van der Waals surface area contributed by atoms with Crippen molar-refractivity contribution in [1.29, 1.82) is 0 Å². The molecule has 1 N–H and O–H groups in total. The maximum Gasteiger partial charge on any atom is 0.105 e. The van der Waals surface area contributed by atoms with E-state index in [2.05, 4.69) is 42.6 Å². The molecule has 0 bridgehead atoms. The van der Waals surface area contributed by atoms with Crippen LogP contribution in [0, 0.1) is 13.8 Å². The van der Waals surface area contributed by atoms with Crippen LogP contribution in [0.15, 0.2) is 45.7 Å². The number of aryl methyl sites for hydroxylation is 2. The van der Waals surface area contributed by atoms with Crippen molar-refractivity contribution in [2.75, 3.05) is 12.3 Å². The fraction of sp³-hybridized carbons (Fsp3) is 0.375. The number of nitrogens with one attached hydrogen (secondary N) is 1. The second-order valence-corrected chi connectivity index (χ2v) is 5.87. The van der Waals surface area contributed by atoms with Crippen LogP contribution in [-0.4, -0.2) is 12.3 Å². The Balaban J connectivity index is 1.75. The Hall–Kier alpha value is -1.19. The molecule has 0 saturated carbocycles. The summed E-state index contributed by atoms with van der Waals surface area (Å²) in [5.74, 6) is 3.08. The van der Waals surface area contributed by atoms with E-state index in [-0.39, 0.29) is 0 Å². The maximum absolute atomic E-state index is 5.57. The average molecular weight is 275 g/mol. The highest BCUT2D eigenvalue weighted by molar-refractivity contribution is 7.99. The molecule has 1 heterocycles. The summed E-state index contributed by atoms with van der Waals surface area (Å²) in [6.45, 7) is 7.20. The highest BCUT2D eigenvalue weighted by atomic mass is 32.2. The largest absolute Gasteiger partial charge is 0.466 e. The van der Waals surface area contributed by atoms with E-state index in [1.807, 2.05) is 31.7 Å². The number of rotatable bonds is 6. The van der Waals surface area contributed by atoms with Crippen LogP contribution < -0.4 is 5.32 Å². The number of thioether (sulfide) groups is 1. The van der Waals surface area contributed by atoms with E-state index in [9.17, 15) is 0 Å². The maximum atomic E-state index is 5.57. The van der Waals surface area contributed by atoms with Gasteiger partial charge in [-0.1, -0.05) is 18.2 Å². The van der Waals surface area contributed by atoms with E-state index in [0.29, 0.717) is 6.04 Å². The van der Waals surface area contributed by atoms with Gasteiger partial charge >= 0.3 is 0 Å². The predicted octanol–water partition coefficient (Wildman–Crippen LogP) is 4.34. The minimum Gasteiger partial charge on any atom is -0.466 e. The van der Waals surface area contributed by atoms with Gasteiger partial charge in [0.15, 0.2) is 0 Å². The molecule has 0 aliphatic heterocycles. The van der Waals surface area contributed by atoms with Crippen molar-refractivity contribution in [3.8, 4) is 0 Å². The first-order valence-electron chi connectivity index (χ1n) is 6.65. The third kappa shape index (κ3) is 4.15. The molecule has 1 unspecified atom stereocenters. The van der Waals surface area contributed by atoms with Crippen LogP contribution in [0.2, 0.25) is 0 Å². The summed E-state index contributed by atoms with van der Waals surface area (Å²) >= 11 is 1.88. The van der Waals surface area contributed by atoms with Crippen molar-refractivity contribution in [2.24, 2.45) is 0 Å². The summed E-state index contributed by atoms with van der Waals surface area (Å²) in [6.07, 6.45) is 0. The van der Waals surface area contributed by atoms with Crippen molar-refractivity contribution < 1.29 is 4.42 Å². The molecule has 1 aromatic heterocycles. The lowest BCUT2D eigenvalue weighted by Gasteiger charge is -2.12. The SMILES string of the molecule is Cc1cc(C(C)NCCSc2ccccc2)c(C)o1. The van der Waals surface area contributed by atoms with Crippen LogP contribution in [-0.2, 0) is 0 Å². The van der Waals surface area contributed by atoms with Gasteiger partial charge in [0.05, 0.1) is 0 Å². The average Bonchev–Trinajstić information content (AvgIpc) is 2.75. The molecular formula is C16H21NOS. The zero-order chi connectivity index (χ0) is 13.7. The molecule has 1 aromatic carbocycles. The molecule has 102 valence electrons. The lowest BCUT2D eigenvalue weighted by Crippen LogP contribution is -2.21. The van der Waals surface area contributed by atoms with Crippen molar-refractivity contribution in [1.82, 2.24) is 5.32 Å². The van der Waals surface area contributed by atoms with Crippen molar-refractivity contribution >= 4 is 11.8 Å². The Morgan fingerprint density at radius 3 is 2.58 bits per heavy atom. The summed E-state index contributed by atoms with van der Waals surface area (Å²) in [7, 11) is 0. The second kappa shape index (κ2) is 6.83. The van der Waals surface area contributed by atoms with Gasteiger partial charge < -0.3 is 9.73 Å². The molecule has 2 nitrogen and oxygen atoms in total. The fourth-order valence-corrected chi connectivity index (χ4v) is 2.96. The summed E-state index contributed by atoms with van der Waals surface area (Å²) in [5.41, 5.74) is 1.27. The first-order valence-corrected chi connectivity index (χ1v) is 7.63. The molecule has 0 saturated heterocycles. The van der Waals surface area contributed by atoms with Gasteiger partial charge in [-0.25, -0.2) is 0 Å². The Morgan fingerprint density at radius 2 is 1.95 bits per heavy atom. The molecular weight excluding hydrogens is 254 g/mol. The Morgan fingerprint density at radius 1 is 1.21 bits per heavy atom. The zero-order valence-corrected chi connectivity index (χ0v) is 12.6. The van der Waals surface area contributed by atoms with Crippen molar-refractivity contribution in [3.05, 3.63) is 53.5 Å². The quantitative estimate of drug-likeness (QED) is 0.627. The third-order valence-electron chi connectivity index (χ3n) is 3.11. The molecule has 0 aliphatic rings. The molecule has 3 heteroatoms. The standard InChI is InChI=1S/C16H21NOS/c1-12-11-16(14(3)18-12)13(2)17-9-10-19-15-7-5-4-6-8-15/h4-8,11,13,17H,9-10H2,1-3H3. The van der Waals surface area contributed by atoms with Gasteiger partial charge in [0.2, 0.25) is 0 Å². The molecule has 19 heavy (non-hydrogen) atoms. The van der Waals surface area contributed by atoms with Gasteiger partial charge in [-0.05, 0) is 39.0 Å². The van der Waals surface area contributed by atoms with E-state index in [0.717, 1.165) is 23.8 Å². The number of hydrogen-bond donors (Lipinski definition) is 1. The third-order valence-corrected chi connectivity index (χ3v) is 4.12. The first kappa shape index (κ1) is 14.2. The Bertz CT molecular complexity index is 507.